The van der Waals surface area contributed by atoms with Crippen molar-refractivity contribution in [3.05, 3.63) is 47.7 Å². The van der Waals surface area contributed by atoms with Crippen molar-refractivity contribution in [2.45, 2.75) is 20.4 Å². The van der Waals surface area contributed by atoms with E-state index in [2.05, 4.69) is 32.0 Å². The smallest absolute Gasteiger partial charge is 0.146 e. The van der Waals surface area contributed by atoms with Crippen LogP contribution in [0.2, 0.25) is 0 Å². The molecule has 0 saturated carbocycles. The van der Waals surface area contributed by atoms with Crippen molar-refractivity contribution in [3.63, 3.8) is 0 Å². The lowest BCUT2D eigenvalue weighted by atomic mass is 10.1. The molecule has 0 radical (unpaired) electrons. The summed E-state index contributed by atoms with van der Waals surface area (Å²) in [5.74, 6) is 0.546. The molecule has 1 aromatic carbocycles. The number of halogens is 1. The number of anilines is 2. The second-order valence-electron chi connectivity index (χ2n) is 6.11. The second kappa shape index (κ2) is 7.57. The fraction of sp³-hybridized carbons (Fsp3) is 0.444. The van der Waals surface area contributed by atoms with Gasteiger partial charge in [-0.1, -0.05) is 13.0 Å². The summed E-state index contributed by atoms with van der Waals surface area (Å²) in [4.78, 5) is 12.9. The Kier molecular flexibility index (Phi) is 5.25. The van der Waals surface area contributed by atoms with E-state index in [-0.39, 0.29) is 5.82 Å². The third kappa shape index (κ3) is 4.00. The first-order valence-corrected chi connectivity index (χ1v) is 8.44. The van der Waals surface area contributed by atoms with E-state index in [1.807, 2.05) is 19.1 Å². The Hall–Kier alpha value is -2.21. The van der Waals surface area contributed by atoms with Crippen molar-refractivity contribution < 1.29 is 4.39 Å². The molecule has 2 heterocycles. The van der Waals surface area contributed by atoms with E-state index >= 15 is 0 Å². The highest BCUT2D eigenvalue weighted by Crippen LogP contribution is 2.22. The van der Waals surface area contributed by atoms with Gasteiger partial charge in [0.2, 0.25) is 0 Å². The van der Waals surface area contributed by atoms with Crippen LogP contribution in [0.1, 0.15) is 18.2 Å². The van der Waals surface area contributed by atoms with Gasteiger partial charge in [-0.2, -0.15) is 0 Å². The van der Waals surface area contributed by atoms with Gasteiger partial charge in [0.1, 0.15) is 11.6 Å². The average molecular weight is 329 g/mol. The van der Waals surface area contributed by atoms with Crippen molar-refractivity contribution in [2.75, 3.05) is 42.9 Å². The van der Waals surface area contributed by atoms with E-state index in [9.17, 15) is 4.39 Å². The molecule has 0 bridgehead atoms. The molecule has 6 heteroatoms. The molecule has 0 spiro atoms. The quantitative estimate of drug-likeness (QED) is 0.914. The lowest BCUT2D eigenvalue weighted by molar-refractivity contribution is 0.270. The number of rotatable bonds is 5. The number of hydrogen-bond acceptors (Lipinski definition) is 5. The summed E-state index contributed by atoms with van der Waals surface area (Å²) >= 11 is 0. The van der Waals surface area contributed by atoms with Gasteiger partial charge < -0.3 is 15.1 Å². The first-order valence-electron chi connectivity index (χ1n) is 8.44. The number of nitrogens with one attached hydrogen (secondary N) is 1. The topological polar surface area (TPSA) is 44.3 Å². The third-order valence-corrected chi connectivity index (χ3v) is 4.40. The van der Waals surface area contributed by atoms with E-state index < -0.39 is 0 Å². The van der Waals surface area contributed by atoms with E-state index in [1.165, 1.54) is 0 Å². The van der Waals surface area contributed by atoms with E-state index in [1.54, 1.807) is 18.5 Å². The van der Waals surface area contributed by atoms with E-state index in [0.717, 1.165) is 44.0 Å². The van der Waals surface area contributed by atoms with Crippen LogP contribution in [0, 0.1) is 12.7 Å². The van der Waals surface area contributed by atoms with Crippen LogP contribution < -0.4 is 10.2 Å². The van der Waals surface area contributed by atoms with Gasteiger partial charge in [-0.25, -0.2) is 9.37 Å². The van der Waals surface area contributed by atoms with Crippen LogP contribution in [0.15, 0.2) is 30.6 Å². The third-order valence-electron chi connectivity index (χ3n) is 4.40. The Balaban J connectivity index is 1.62. The van der Waals surface area contributed by atoms with Crippen molar-refractivity contribution >= 4 is 11.5 Å². The molecular formula is C18H24FN5. The molecule has 0 unspecified atom stereocenters. The summed E-state index contributed by atoms with van der Waals surface area (Å²) in [7, 11) is 0. The maximum Gasteiger partial charge on any atom is 0.146 e. The van der Waals surface area contributed by atoms with E-state index in [0.29, 0.717) is 18.1 Å². The number of aryl methyl sites for hydroxylation is 1. The molecule has 1 N–H and O–H groups in total. The molecule has 1 saturated heterocycles. The minimum atomic E-state index is -0.158. The standard InChI is InChI=1S/C18H24FN5/c1-3-23-6-8-24(9-7-23)17-5-4-15(10-16(17)19)12-21-18-13-20-11-14(2)22-18/h4-5,10-11,13H,3,6-9,12H2,1-2H3,(H,21,22). The molecule has 3 rings (SSSR count). The minimum absolute atomic E-state index is 0.158. The maximum atomic E-state index is 14.5. The predicted octanol–water partition coefficient (Wildman–Crippen LogP) is 2.68. The Bertz CT molecular complexity index is 683. The highest BCUT2D eigenvalue weighted by atomic mass is 19.1. The minimum Gasteiger partial charge on any atom is -0.367 e. The Morgan fingerprint density at radius 2 is 1.96 bits per heavy atom. The van der Waals surface area contributed by atoms with Gasteiger partial charge in [-0.3, -0.25) is 4.98 Å². The van der Waals surface area contributed by atoms with Gasteiger partial charge in [-0.05, 0) is 31.2 Å². The highest BCUT2D eigenvalue weighted by Gasteiger charge is 2.18. The largest absolute Gasteiger partial charge is 0.367 e. The highest BCUT2D eigenvalue weighted by molar-refractivity contribution is 5.50. The van der Waals surface area contributed by atoms with Gasteiger partial charge >= 0.3 is 0 Å². The monoisotopic (exact) mass is 329 g/mol. The van der Waals surface area contributed by atoms with Gasteiger partial charge in [0.25, 0.3) is 0 Å². The van der Waals surface area contributed by atoms with Crippen LogP contribution in [-0.2, 0) is 6.54 Å². The van der Waals surface area contributed by atoms with Crippen LogP contribution in [0.3, 0.4) is 0 Å². The Morgan fingerprint density at radius 1 is 1.17 bits per heavy atom. The van der Waals surface area contributed by atoms with Crippen molar-refractivity contribution in [2.24, 2.45) is 0 Å². The zero-order valence-corrected chi connectivity index (χ0v) is 14.3. The van der Waals surface area contributed by atoms with Gasteiger partial charge in [0, 0.05) is 38.9 Å². The zero-order valence-electron chi connectivity index (χ0n) is 14.3. The van der Waals surface area contributed by atoms with Gasteiger partial charge in [0.05, 0.1) is 17.6 Å². The van der Waals surface area contributed by atoms with Crippen LogP contribution in [0.4, 0.5) is 15.9 Å². The molecule has 5 nitrogen and oxygen atoms in total. The van der Waals surface area contributed by atoms with E-state index in [4.69, 9.17) is 0 Å². The number of hydrogen-bond donors (Lipinski definition) is 1. The molecule has 1 aliphatic heterocycles. The molecule has 1 aromatic heterocycles. The number of likely N-dealkylation sites (N-methyl/N-ethyl adjacent to an activating group) is 1. The normalized spacial score (nSPS) is 15.5. The predicted molar refractivity (Wildman–Crippen MR) is 94.8 cm³/mol. The number of piperazine rings is 1. The summed E-state index contributed by atoms with van der Waals surface area (Å²) < 4.78 is 14.5. The summed E-state index contributed by atoms with van der Waals surface area (Å²) in [6.07, 6.45) is 3.38. The van der Waals surface area contributed by atoms with Crippen LogP contribution in [0.25, 0.3) is 0 Å². The molecule has 1 aliphatic rings. The molecule has 0 amide bonds. The lowest BCUT2D eigenvalue weighted by Crippen LogP contribution is -2.46. The van der Waals surface area contributed by atoms with Crippen LogP contribution >= 0.6 is 0 Å². The van der Waals surface area contributed by atoms with Crippen molar-refractivity contribution in [1.82, 2.24) is 14.9 Å². The second-order valence-corrected chi connectivity index (χ2v) is 6.11. The first kappa shape index (κ1) is 16.6. The summed E-state index contributed by atoms with van der Waals surface area (Å²) in [6.45, 7) is 9.38. The van der Waals surface area contributed by atoms with Crippen molar-refractivity contribution in [1.29, 1.82) is 0 Å². The fourth-order valence-electron chi connectivity index (χ4n) is 2.96. The zero-order chi connectivity index (χ0) is 16.9. The Labute approximate surface area is 142 Å². The SMILES string of the molecule is CCN1CCN(c2ccc(CNc3cncc(C)n3)cc2F)CC1. The number of aromatic nitrogens is 2. The summed E-state index contributed by atoms with van der Waals surface area (Å²) in [6, 6.07) is 5.47. The van der Waals surface area contributed by atoms with Gasteiger partial charge in [0.15, 0.2) is 0 Å². The average Bonchev–Trinajstić information content (AvgIpc) is 2.60. The molecule has 2 aromatic rings. The molecule has 0 atom stereocenters. The van der Waals surface area contributed by atoms with Crippen molar-refractivity contribution in [3.8, 4) is 0 Å². The van der Waals surface area contributed by atoms with Crippen LogP contribution in [-0.4, -0.2) is 47.6 Å². The number of nitrogens with zero attached hydrogens (tertiary/aromatic N) is 4. The first-order chi connectivity index (χ1) is 11.7. The summed E-state index contributed by atoms with van der Waals surface area (Å²) in [5.41, 5.74) is 2.45. The maximum absolute atomic E-state index is 14.5. The molecular weight excluding hydrogens is 305 g/mol. The summed E-state index contributed by atoms with van der Waals surface area (Å²) in [5, 5.41) is 3.18. The molecule has 24 heavy (non-hydrogen) atoms. The van der Waals surface area contributed by atoms with Crippen LogP contribution in [0.5, 0.6) is 0 Å². The molecule has 1 fully saturated rings. The molecule has 0 aliphatic carbocycles. The Morgan fingerprint density at radius 3 is 2.62 bits per heavy atom. The molecule has 128 valence electrons. The fourth-order valence-corrected chi connectivity index (χ4v) is 2.96. The van der Waals surface area contributed by atoms with Gasteiger partial charge in [-0.15, -0.1) is 0 Å². The lowest BCUT2D eigenvalue weighted by Gasteiger charge is -2.35. The number of benzene rings is 1.